The van der Waals surface area contributed by atoms with E-state index in [2.05, 4.69) is 41.1 Å². The van der Waals surface area contributed by atoms with E-state index in [1.54, 1.807) is 27.5 Å². The van der Waals surface area contributed by atoms with Gasteiger partial charge in [0.1, 0.15) is 17.2 Å². The average molecular weight is 457 g/mol. The molecular weight excluding hydrogens is 428 g/mol. The number of aryl methyl sites for hydroxylation is 2. The summed E-state index contributed by atoms with van der Waals surface area (Å²) in [5.74, 6) is 3.67. The molecule has 2 heterocycles. The maximum atomic E-state index is 6.36. The normalized spacial score (nSPS) is 12.9. The van der Waals surface area contributed by atoms with Gasteiger partial charge in [0.25, 0.3) is 0 Å². The van der Waals surface area contributed by atoms with Crippen molar-refractivity contribution in [2.75, 3.05) is 32.8 Å². The van der Waals surface area contributed by atoms with E-state index in [0.717, 1.165) is 53.2 Å². The minimum atomic E-state index is 0.639. The SMILES string of the molecule is COc1cc2nccc(Oc3ccc4c(c3)CCCN4c3cc(C)ccc3OC)c2cc1OC. The van der Waals surface area contributed by atoms with E-state index >= 15 is 0 Å². The topological polar surface area (TPSA) is 53.1 Å². The molecule has 6 nitrogen and oxygen atoms in total. The fourth-order valence-electron chi connectivity index (χ4n) is 4.56. The van der Waals surface area contributed by atoms with Crippen molar-refractivity contribution in [2.24, 2.45) is 0 Å². The van der Waals surface area contributed by atoms with Crippen molar-refractivity contribution >= 4 is 22.3 Å². The summed E-state index contributed by atoms with van der Waals surface area (Å²) in [4.78, 5) is 6.81. The van der Waals surface area contributed by atoms with Crippen LogP contribution in [0.5, 0.6) is 28.7 Å². The third-order valence-electron chi connectivity index (χ3n) is 6.23. The van der Waals surface area contributed by atoms with Crippen LogP contribution in [0.15, 0.2) is 60.8 Å². The van der Waals surface area contributed by atoms with Crippen molar-refractivity contribution in [3.63, 3.8) is 0 Å². The molecule has 1 aromatic heterocycles. The zero-order valence-electron chi connectivity index (χ0n) is 19.9. The second kappa shape index (κ2) is 9.14. The Labute approximate surface area is 199 Å². The van der Waals surface area contributed by atoms with Crippen molar-refractivity contribution in [1.82, 2.24) is 4.98 Å². The van der Waals surface area contributed by atoms with Gasteiger partial charge >= 0.3 is 0 Å². The lowest BCUT2D eigenvalue weighted by Crippen LogP contribution is -2.25. The third kappa shape index (κ3) is 3.96. The molecule has 0 amide bonds. The lowest BCUT2D eigenvalue weighted by molar-refractivity contribution is 0.355. The molecule has 0 unspecified atom stereocenters. The van der Waals surface area contributed by atoms with Crippen LogP contribution >= 0.6 is 0 Å². The number of benzene rings is 3. The summed E-state index contributed by atoms with van der Waals surface area (Å²) in [7, 11) is 4.96. The number of rotatable bonds is 6. The molecule has 0 atom stereocenters. The first kappa shape index (κ1) is 21.9. The zero-order valence-corrected chi connectivity index (χ0v) is 19.9. The van der Waals surface area contributed by atoms with Crippen LogP contribution in [0.3, 0.4) is 0 Å². The van der Waals surface area contributed by atoms with Crippen molar-refractivity contribution < 1.29 is 18.9 Å². The minimum absolute atomic E-state index is 0.639. The van der Waals surface area contributed by atoms with Crippen LogP contribution in [-0.4, -0.2) is 32.9 Å². The number of methoxy groups -OCH3 is 3. The monoisotopic (exact) mass is 456 g/mol. The summed E-state index contributed by atoms with van der Waals surface area (Å²) >= 11 is 0. The van der Waals surface area contributed by atoms with Crippen LogP contribution in [0.2, 0.25) is 0 Å². The van der Waals surface area contributed by atoms with Crippen LogP contribution in [0, 0.1) is 6.92 Å². The minimum Gasteiger partial charge on any atom is -0.495 e. The molecule has 0 radical (unpaired) electrons. The molecule has 5 rings (SSSR count). The number of pyridine rings is 1. The molecule has 0 fully saturated rings. The lowest BCUT2D eigenvalue weighted by atomic mass is 10.00. The molecule has 0 spiro atoms. The first-order valence-corrected chi connectivity index (χ1v) is 11.3. The van der Waals surface area contributed by atoms with E-state index in [0.29, 0.717) is 11.5 Å². The summed E-state index contributed by atoms with van der Waals surface area (Å²) in [5.41, 5.74) is 5.53. The van der Waals surface area contributed by atoms with Gasteiger partial charge < -0.3 is 23.8 Å². The van der Waals surface area contributed by atoms with Gasteiger partial charge in [-0.2, -0.15) is 0 Å². The molecule has 0 bridgehead atoms. The number of nitrogens with zero attached hydrogens (tertiary/aromatic N) is 2. The highest BCUT2D eigenvalue weighted by molar-refractivity contribution is 5.88. The van der Waals surface area contributed by atoms with E-state index in [-0.39, 0.29) is 0 Å². The van der Waals surface area contributed by atoms with Crippen molar-refractivity contribution in [3.8, 4) is 28.7 Å². The van der Waals surface area contributed by atoms with E-state index < -0.39 is 0 Å². The van der Waals surface area contributed by atoms with Crippen LogP contribution in [0.4, 0.5) is 11.4 Å². The summed E-state index contributed by atoms with van der Waals surface area (Å²) in [6.45, 7) is 3.05. The Hall–Kier alpha value is -3.93. The Morgan fingerprint density at radius 3 is 2.35 bits per heavy atom. The predicted octanol–water partition coefficient (Wildman–Crippen LogP) is 6.45. The highest BCUT2D eigenvalue weighted by Gasteiger charge is 2.22. The van der Waals surface area contributed by atoms with E-state index in [4.69, 9.17) is 18.9 Å². The number of fused-ring (bicyclic) bond motifs is 2. The fourth-order valence-corrected chi connectivity index (χ4v) is 4.56. The van der Waals surface area contributed by atoms with Gasteiger partial charge in [-0.3, -0.25) is 4.98 Å². The molecule has 0 N–H and O–H groups in total. The Morgan fingerprint density at radius 2 is 1.56 bits per heavy atom. The van der Waals surface area contributed by atoms with Gasteiger partial charge in [0.15, 0.2) is 11.5 Å². The molecule has 174 valence electrons. The van der Waals surface area contributed by atoms with Crippen molar-refractivity contribution in [3.05, 3.63) is 71.9 Å². The van der Waals surface area contributed by atoms with Gasteiger partial charge in [0.2, 0.25) is 0 Å². The molecule has 4 aromatic rings. The van der Waals surface area contributed by atoms with Gasteiger partial charge in [-0.15, -0.1) is 0 Å². The standard InChI is InChI=1S/C28H28N2O4/c1-18-7-10-26(31-2)24(14-18)30-13-5-6-19-15-20(8-9-23(19)30)34-25-11-12-29-22-17-28(33-4)27(32-3)16-21(22)25/h7-12,14-17H,5-6,13H2,1-4H3. The molecule has 1 aliphatic rings. The maximum Gasteiger partial charge on any atom is 0.162 e. The fraction of sp³-hybridized carbons (Fsp3) is 0.250. The highest BCUT2D eigenvalue weighted by atomic mass is 16.5. The van der Waals surface area contributed by atoms with E-state index in [9.17, 15) is 0 Å². The highest BCUT2D eigenvalue weighted by Crippen LogP contribution is 2.42. The molecule has 0 aliphatic carbocycles. The average Bonchev–Trinajstić information content (AvgIpc) is 2.87. The second-order valence-corrected chi connectivity index (χ2v) is 8.36. The Balaban J connectivity index is 1.50. The molecular formula is C28H28N2O4. The lowest BCUT2D eigenvalue weighted by Gasteiger charge is -2.32. The molecule has 1 aliphatic heterocycles. The van der Waals surface area contributed by atoms with Crippen molar-refractivity contribution in [1.29, 1.82) is 0 Å². The predicted molar refractivity (Wildman–Crippen MR) is 134 cm³/mol. The first-order valence-electron chi connectivity index (χ1n) is 11.3. The zero-order chi connectivity index (χ0) is 23.7. The number of hydrogen-bond acceptors (Lipinski definition) is 6. The Bertz CT molecular complexity index is 1350. The Morgan fingerprint density at radius 1 is 0.765 bits per heavy atom. The van der Waals surface area contributed by atoms with Gasteiger partial charge in [-0.05, 0) is 73.4 Å². The number of ether oxygens (including phenoxy) is 4. The second-order valence-electron chi connectivity index (χ2n) is 8.36. The molecule has 3 aromatic carbocycles. The van der Waals surface area contributed by atoms with Crippen LogP contribution in [-0.2, 0) is 6.42 Å². The molecule has 6 heteroatoms. The summed E-state index contributed by atoms with van der Waals surface area (Å²) in [5, 5.41) is 0.865. The van der Waals surface area contributed by atoms with Crippen LogP contribution in [0.1, 0.15) is 17.5 Å². The number of aromatic nitrogens is 1. The van der Waals surface area contributed by atoms with Crippen LogP contribution < -0.4 is 23.8 Å². The van der Waals surface area contributed by atoms with Crippen LogP contribution in [0.25, 0.3) is 10.9 Å². The molecule has 34 heavy (non-hydrogen) atoms. The number of hydrogen-bond donors (Lipinski definition) is 0. The van der Waals surface area contributed by atoms with Gasteiger partial charge in [-0.1, -0.05) is 6.07 Å². The van der Waals surface area contributed by atoms with Gasteiger partial charge in [0, 0.05) is 29.9 Å². The number of anilines is 2. The first-order chi connectivity index (χ1) is 16.6. The smallest absolute Gasteiger partial charge is 0.162 e. The maximum absolute atomic E-state index is 6.36. The Kier molecular flexibility index (Phi) is 5.88. The largest absolute Gasteiger partial charge is 0.495 e. The quantitative estimate of drug-likeness (QED) is 0.333. The molecule has 0 saturated heterocycles. The van der Waals surface area contributed by atoms with Crippen molar-refractivity contribution in [2.45, 2.75) is 19.8 Å². The molecule has 0 saturated carbocycles. The van der Waals surface area contributed by atoms with E-state index in [1.807, 2.05) is 30.3 Å². The summed E-state index contributed by atoms with van der Waals surface area (Å²) in [6.07, 6.45) is 3.80. The summed E-state index contributed by atoms with van der Waals surface area (Å²) in [6, 6.07) is 18.2. The van der Waals surface area contributed by atoms with Gasteiger partial charge in [0.05, 0.1) is 32.5 Å². The summed E-state index contributed by atoms with van der Waals surface area (Å²) < 4.78 is 22.9. The van der Waals surface area contributed by atoms with E-state index in [1.165, 1.54) is 16.8 Å². The van der Waals surface area contributed by atoms with Gasteiger partial charge in [-0.25, -0.2) is 0 Å². The third-order valence-corrected chi connectivity index (χ3v) is 6.23.